The third-order valence-corrected chi connectivity index (χ3v) is 5.20. The molecule has 24 heavy (non-hydrogen) atoms. The number of piperidine rings is 1. The Morgan fingerprint density at radius 1 is 1.33 bits per heavy atom. The highest BCUT2D eigenvalue weighted by atomic mass is 16.5. The molecule has 6 nitrogen and oxygen atoms in total. The summed E-state index contributed by atoms with van der Waals surface area (Å²) in [6.45, 7) is 6.24. The van der Waals surface area contributed by atoms with Crippen molar-refractivity contribution in [1.29, 1.82) is 0 Å². The molecule has 132 valence electrons. The summed E-state index contributed by atoms with van der Waals surface area (Å²) in [7, 11) is 1.76. The van der Waals surface area contributed by atoms with E-state index in [1.165, 1.54) is 0 Å². The number of rotatable bonds is 3. The molecule has 2 fully saturated rings. The number of aromatic nitrogens is 2. The average molecular weight is 333 g/mol. The molecule has 1 atom stereocenters. The van der Waals surface area contributed by atoms with Gasteiger partial charge in [0.05, 0.1) is 17.3 Å². The lowest BCUT2D eigenvalue weighted by atomic mass is 9.81. The molecule has 0 radical (unpaired) electrons. The van der Waals surface area contributed by atoms with Gasteiger partial charge >= 0.3 is 0 Å². The smallest absolute Gasteiger partial charge is 0.256 e. The second-order valence-corrected chi connectivity index (χ2v) is 7.06. The van der Waals surface area contributed by atoms with Gasteiger partial charge in [0.25, 0.3) is 5.91 Å². The van der Waals surface area contributed by atoms with E-state index in [0.29, 0.717) is 18.7 Å². The Hall–Kier alpha value is -1.53. The van der Waals surface area contributed by atoms with Crippen molar-refractivity contribution in [3.63, 3.8) is 0 Å². The second-order valence-electron chi connectivity index (χ2n) is 7.06. The minimum atomic E-state index is -0.220. The van der Waals surface area contributed by atoms with Gasteiger partial charge in [-0.25, -0.2) is 9.97 Å². The van der Waals surface area contributed by atoms with Crippen LogP contribution in [0.3, 0.4) is 0 Å². The van der Waals surface area contributed by atoms with Crippen molar-refractivity contribution in [1.82, 2.24) is 14.9 Å². The quantitative estimate of drug-likeness (QED) is 0.850. The van der Waals surface area contributed by atoms with E-state index < -0.39 is 0 Å². The first-order chi connectivity index (χ1) is 11.6. The normalized spacial score (nSPS) is 23.7. The van der Waals surface area contributed by atoms with E-state index in [-0.39, 0.29) is 23.5 Å². The highest BCUT2D eigenvalue weighted by Gasteiger charge is 2.45. The molecule has 1 aromatic heterocycles. The Labute approximate surface area is 143 Å². The number of carbonyl (C=O) groups excluding carboxylic acids is 1. The van der Waals surface area contributed by atoms with E-state index in [2.05, 4.69) is 9.97 Å². The zero-order valence-corrected chi connectivity index (χ0v) is 14.8. The Bertz CT molecular complexity index is 565. The van der Waals surface area contributed by atoms with E-state index in [1.54, 1.807) is 19.5 Å². The molecule has 0 bridgehead atoms. The summed E-state index contributed by atoms with van der Waals surface area (Å²) in [5.41, 5.74) is 0.338. The summed E-state index contributed by atoms with van der Waals surface area (Å²) >= 11 is 0. The maximum atomic E-state index is 12.7. The van der Waals surface area contributed by atoms with Crippen molar-refractivity contribution in [3.05, 3.63) is 23.8 Å². The lowest BCUT2D eigenvalue weighted by Crippen LogP contribution is -2.56. The Balaban J connectivity index is 1.64. The molecule has 0 saturated carbocycles. The number of ether oxygens (including phenoxy) is 2. The van der Waals surface area contributed by atoms with Gasteiger partial charge in [-0.15, -0.1) is 0 Å². The molecule has 3 rings (SSSR count). The van der Waals surface area contributed by atoms with Crippen LogP contribution in [0.1, 0.15) is 61.6 Å². The van der Waals surface area contributed by atoms with Crippen LogP contribution in [-0.2, 0) is 9.47 Å². The first kappa shape index (κ1) is 17.3. The van der Waals surface area contributed by atoms with E-state index in [1.807, 2.05) is 18.7 Å². The number of likely N-dealkylation sites (tertiary alicyclic amines) is 1. The second kappa shape index (κ2) is 7.15. The van der Waals surface area contributed by atoms with Crippen LogP contribution in [-0.4, -0.2) is 59.3 Å². The van der Waals surface area contributed by atoms with E-state index in [4.69, 9.17) is 9.47 Å². The van der Waals surface area contributed by atoms with E-state index >= 15 is 0 Å². The number of carbonyl (C=O) groups is 1. The van der Waals surface area contributed by atoms with Crippen LogP contribution in [0, 0.1) is 0 Å². The number of hydrogen-bond donors (Lipinski definition) is 0. The predicted octanol–water partition coefficient (Wildman–Crippen LogP) is 2.40. The third kappa shape index (κ3) is 3.30. The molecule has 0 unspecified atom stereocenters. The Morgan fingerprint density at radius 2 is 2.00 bits per heavy atom. The summed E-state index contributed by atoms with van der Waals surface area (Å²) in [5, 5.41) is 0. The molecule has 0 N–H and O–H groups in total. The third-order valence-electron chi connectivity index (χ3n) is 5.20. The first-order valence-corrected chi connectivity index (χ1v) is 8.84. The molecule has 1 spiro atoms. The predicted molar refractivity (Wildman–Crippen MR) is 90.0 cm³/mol. The lowest BCUT2D eigenvalue weighted by Gasteiger charge is -2.48. The molecule has 2 saturated heterocycles. The minimum absolute atomic E-state index is 0.00457. The fourth-order valence-corrected chi connectivity index (χ4v) is 3.72. The first-order valence-electron chi connectivity index (χ1n) is 8.84. The molecular weight excluding hydrogens is 306 g/mol. The molecule has 1 amide bonds. The van der Waals surface area contributed by atoms with Gasteiger partial charge in [-0.2, -0.15) is 0 Å². The number of nitrogens with zero attached hydrogens (tertiary/aromatic N) is 3. The summed E-state index contributed by atoms with van der Waals surface area (Å²) in [6, 6.07) is 0. The van der Waals surface area contributed by atoms with Crippen molar-refractivity contribution in [2.24, 2.45) is 0 Å². The van der Waals surface area contributed by atoms with Gasteiger partial charge in [0, 0.05) is 45.1 Å². The average Bonchev–Trinajstić information content (AvgIpc) is 2.62. The summed E-state index contributed by atoms with van der Waals surface area (Å²) in [6.07, 6.45) is 7.15. The van der Waals surface area contributed by atoms with Gasteiger partial charge in [-0.1, -0.05) is 13.8 Å². The topological polar surface area (TPSA) is 64.6 Å². The van der Waals surface area contributed by atoms with Crippen molar-refractivity contribution in [2.75, 3.05) is 26.8 Å². The van der Waals surface area contributed by atoms with Gasteiger partial charge in [0.2, 0.25) is 0 Å². The number of methoxy groups -OCH3 is 1. The van der Waals surface area contributed by atoms with E-state index in [9.17, 15) is 4.79 Å². The highest BCUT2D eigenvalue weighted by molar-refractivity contribution is 5.93. The van der Waals surface area contributed by atoms with Gasteiger partial charge in [0.1, 0.15) is 5.82 Å². The van der Waals surface area contributed by atoms with Gasteiger partial charge < -0.3 is 14.4 Å². The summed E-state index contributed by atoms with van der Waals surface area (Å²) < 4.78 is 11.8. The summed E-state index contributed by atoms with van der Waals surface area (Å²) in [4.78, 5) is 23.2. The molecule has 2 aliphatic heterocycles. The minimum Gasteiger partial charge on any atom is -0.378 e. The van der Waals surface area contributed by atoms with Crippen molar-refractivity contribution < 1.29 is 14.3 Å². The van der Waals surface area contributed by atoms with Crippen LogP contribution in [0.2, 0.25) is 0 Å². The standard InChI is InChI=1S/C18H27N3O3/c1-13(2)16-19-11-14(12-20-16)17(22)21-8-6-18(7-9-21)15(23-3)5-4-10-24-18/h11-13,15H,4-10H2,1-3H3/t15-/m1/s1. The molecule has 1 aromatic rings. The van der Waals surface area contributed by atoms with Crippen LogP contribution in [0.4, 0.5) is 0 Å². The lowest BCUT2D eigenvalue weighted by molar-refractivity contribution is -0.183. The molecule has 6 heteroatoms. The van der Waals surface area contributed by atoms with Gasteiger partial charge in [0.15, 0.2) is 0 Å². The van der Waals surface area contributed by atoms with Crippen LogP contribution >= 0.6 is 0 Å². The Kier molecular flexibility index (Phi) is 5.15. The monoisotopic (exact) mass is 333 g/mol. The van der Waals surface area contributed by atoms with Crippen LogP contribution in [0.25, 0.3) is 0 Å². The van der Waals surface area contributed by atoms with Crippen molar-refractivity contribution >= 4 is 5.91 Å². The zero-order valence-electron chi connectivity index (χ0n) is 14.8. The SMILES string of the molecule is CO[C@@H]1CCCOC12CCN(C(=O)c1cnc(C(C)C)nc1)CC2. The molecule has 0 aromatic carbocycles. The Morgan fingerprint density at radius 3 is 2.58 bits per heavy atom. The van der Waals surface area contributed by atoms with Gasteiger partial charge in [-0.05, 0) is 25.7 Å². The van der Waals surface area contributed by atoms with Crippen LogP contribution < -0.4 is 0 Å². The number of hydrogen-bond acceptors (Lipinski definition) is 5. The molecule has 3 heterocycles. The van der Waals surface area contributed by atoms with E-state index in [0.717, 1.165) is 38.1 Å². The number of amides is 1. The highest BCUT2D eigenvalue weighted by Crippen LogP contribution is 2.37. The van der Waals surface area contributed by atoms with Crippen LogP contribution in [0.15, 0.2) is 12.4 Å². The maximum Gasteiger partial charge on any atom is 0.256 e. The van der Waals surface area contributed by atoms with Crippen molar-refractivity contribution in [3.8, 4) is 0 Å². The van der Waals surface area contributed by atoms with Crippen LogP contribution in [0.5, 0.6) is 0 Å². The molecule has 2 aliphatic rings. The molecule has 0 aliphatic carbocycles. The molecular formula is C18H27N3O3. The zero-order chi connectivity index (χ0) is 17.2. The summed E-state index contributed by atoms with van der Waals surface area (Å²) in [5.74, 6) is 1.03. The fourth-order valence-electron chi connectivity index (χ4n) is 3.72. The maximum absolute atomic E-state index is 12.7. The van der Waals surface area contributed by atoms with Gasteiger partial charge in [-0.3, -0.25) is 4.79 Å². The largest absolute Gasteiger partial charge is 0.378 e. The van der Waals surface area contributed by atoms with Crippen molar-refractivity contribution in [2.45, 2.75) is 57.2 Å². The fraction of sp³-hybridized carbons (Fsp3) is 0.722.